The van der Waals surface area contributed by atoms with Crippen LogP contribution >= 0.6 is 23.5 Å². The van der Waals surface area contributed by atoms with E-state index in [0.717, 1.165) is 60.7 Å². The lowest BCUT2D eigenvalue weighted by Crippen LogP contribution is -2.06. The van der Waals surface area contributed by atoms with Crippen molar-refractivity contribution < 1.29 is 17.6 Å². The number of hydrogen-bond acceptors (Lipinski definition) is 6. The third kappa shape index (κ3) is 10.9. The molecule has 2 aromatic heterocycles. The molecule has 0 aliphatic rings. The van der Waals surface area contributed by atoms with Crippen LogP contribution in [-0.2, 0) is 25.7 Å². The Bertz CT molecular complexity index is 2140. The summed E-state index contributed by atoms with van der Waals surface area (Å²) in [4.78, 5) is 24.8. The number of halogens is 2. The van der Waals surface area contributed by atoms with Gasteiger partial charge in [0.2, 0.25) is 0 Å². The molecule has 2 heterocycles. The Labute approximate surface area is 313 Å². The molecule has 0 spiro atoms. The standard InChI is InChI=1S/2C22H23FO2S/c1-16-21(24)19-7-2-3-8-20(19)25-22(16)26-15-5-4-6-17-9-11-18(12-10-17)13-14-23;1-16-21(24)19-7-2-3-8-20(19)25-22(16)26-15-13-18-11-9-17(10-12-18)6-4-5-14-23/h2*2-3,7-12H,4-6,13-15H2,1H3. The Hall–Kier alpha value is -4.14. The smallest absolute Gasteiger partial charge is 0.196 e. The van der Waals surface area contributed by atoms with Crippen LogP contribution in [0.15, 0.2) is 126 Å². The van der Waals surface area contributed by atoms with Crippen molar-refractivity contribution in [1.29, 1.82) is 0 Å². The van der Waals surface area contributed by atoms with Crippen molar-refractivity contribution >= 4 is 45.5 Å². The number of fused-ring (bicyclic) bond motifs is 2. The monoisotopic (exact) mass is 740 g/mol. The molecule has 0 N–H and O–H groups in total. The van der Waals surface area contributed by atoms with Gasteiger partial charge < -0.3 is 8.83 Å². The molecule has 0 aliphatic carbocycles. The topological polar surface area (TPSA) is 60.4 Å². The Morgan fingerprint density at radius 3 is 1.38 bits per heavy atom. The quantitative estimate of drug-likeness (QED) is 0.0727. The fourth-order valence-corrected chi connectivity index (χ4v) is 7.81. The summed E-state index contributed by atoms with van der Waals surface area (Å²) in [6.07, 6.45) is 7.00. The number of para-hydroxylation sites is 2. The number of unbranched alkanes of at least 4 members (excludes halogenated alkanes) is 2. The fourth-order valence-electron chi connectivity index (χ4n) is 5.84. The number of thioether (sulfide) groups is 2. The number of aryl methyl sites for hydroxylation is 4. The maximum atomic E-state index is 12.4. The molecule has 4 nitrogen and oxygen atoms in total. The molecule has 0 fully saturated rings. The van der Waals surface area contributed by atoms with E-state index in [1.807, 2.05) is 68.4 Å². The van der Waals surface area contributed by atoms with Crippen molar-refractivity contribution in [3.8, 4) is 0 Å². The number of rotatable bonds is 16. The highest BCUT2D eigenvalue weighted by atomic mass is 32.2. The summed E-state index contributed by atoms with van der Waals surface area (Å²) in [6, 6.07) is 31.5. The van der Waals surface area contributed by atoms with Gasteiger partial charge in [-0.05, 0) is 105 Å². The normalized spacial score (nSPS) is 11.2. The lowest BCUT2D eigenvalue weighted by Gasteiger charge is -2.07. The van der Waals surface area contributed by atoms with E-state index in [4.69, 9.17) is 8.83 Å². The lowest BCUT2D eigenvalue weighted by molar-refractivity contribution is 0.462. The van der Waals surface area contributed by atoms with E-state index in [2.05, 4.69) is 36.4 Å². The summed E-state index contributed by atoms with van der Waals surface area (Å²) in [6.45, 7) is 3.12. The molecule has 0 saturated heterocycles. The summed E-state index contributed by atoms with van der Waals surface area (Å²) >= 11 is 3.20. The molecule has 0 atom stereocenters. The molecule has 52 heavy (non-hydrogen) atoms. The van der Waals surface area contributed by atoms with Gasteiger partial charge in [-0.1, -0.05) is 96.3 Å². The van der Waals surface area contributed by atoms with Crippen molar-refractivity contribution in [3.05, 3.63) is 151 Å². The molecule has 0 saturated carbocycles. The van der Waals surface area contributed by atoms with E-state index in [1.54, 1.807) is 29.6 Å². The van der Waals surface area contributed by atoms with E-state index in [0.29, 0.717) is 51.0 Å². The number of hydrogen-bond donors (Lipinski definition) is 0. The Morgan fingerprint density at radius 1 is 0.481 bits per heavy atom. The first kappa shape index (κ1) is 39.1. The first-order valence-electron chi connectivity index (χ1n) is 18.0. The number of benzene rings is 4. The third-order valence-electron chi connectivity index (χ3n) is 8.96. The first-order valence-corrected chi connectivity index (χ1v) is 19.9. The number of alkyl halides is 2. The highest BCUT2D eigenvalue weighted by Gasteiger charge is 2.12. The zero-order valence-electron chi connectivity index (χ0n) is 29.9. The fraction of sp³-hybridized carbons (Fsp3) is 0.318. The van der Waals surface area contributed by atoms with Crippen LogP contribution in [0.25, 0.3) is 21.9 Å². The van der Waals surface area contributed by atoms with Crippen LogP contribution in [0.3, 0.4) is 0 Å². The van der Waals surface area contributed by atoms with E-state index in [9.17, 15) is 18.4 Å². The Kier molecular flexibility index (Phi) is 15.2. The van der Waals surface area contributed by atoms with Gasteiger partial charge in [0.1, 0.15) is 11.2 Å². The van der Waals surface area contributed by atoms with E-state index in [1.165, 1.54) is 16.7 Å². The summed E-state index contributed by atoms with van der Waals surface area (Å²) in [5.74, 6) is 1.77. The second-order valence-corrected chi connectivity index (χ2v) is 14.9. The minimum atomic E-state index is -0.305. The largest absolute Gasteiger partial charge is 0.449 e. The van der Waals surface area contributed by atoms with Crippen molar-refractivity contribution in [2.75, 3.05) is 24.9 Å². The third-order valence-corrected chi connectivity index (χ3v) is 11.2. The minimum absolute atomic E-state index is 0.0481. The molecular weight excluding hydrogens is 695 g/mol. The average molecular weight is 741 g/mol. The Morgan fingerprint density at radius 2 is 0.904 bits per heavy atom. The molecule has 0 bridgehead atoms. The van der Waals surface area contributed by atoms with Crippen molar-refractivity contribution in [2.24, 2.45) is 0 Å². The van der Waals surface area contributed by atoms with Gasteiger partial charge in [0.15, 0.2) is 21.0 Å². The molecule has 272 valence electrons. The zero-order chi connectivity index (χ0) is 36.7. The van der Waals surface area contributed by atoms with Gasteiger partial charge in [-0.2, -0.15) is 0 Å². The second-order valence-electron chi connectivity index (χ2n) is 12.8. The molecular formula is C44H46F2O4S2. The van der Waals surface area contributed by atoms with Crippen LogP contribution in [-0.4, -0.2) is 24.9 Å². The van der Waals surface area contributed by atoms with Crippen LogP contribution in [0.5, 0.6) is 0 Å². The van der Waals surface area contributed by atoms with Crippen LogP contribution < -0.4 is 10.9 Å². The maximum absolute atomic E-state index is 12.4. The van der Waals surface area contributed by atoms with Crippen LogP contribution in [0.4, 0.5) is 8.78 Å². The average Bonchev–Trinajstić information content (AvgIpc) is 3.17. The van der Waals surface area contributed by atoms with Gasteiger partial charge >= 0.3 is 0 Å². The van der Waals surface area contributed by atoms with E-state index < -0.39 is 0 Å². The summed E-state index contributed by atoms with van der Waals surface area (Å²) in [5, 5.41) is 2.71. The molecule has 0 amide bonds. The van der Waals surface area contributed by atoms with E-state index >= 15 is 0 Å². The Balaban J connectivity index is 0.000000201. The molecule has 6 rings (SSSR count). The SMILES string of the molecule is Cc1c(SCCCCc2ccc(CCF)cc2)oc2ccccc2c1=O.Cc1c(SCCc2ccc(CCCCF)cc2)oc2ccccc2c1=O. The van der Waals surface area contributed by atoms with Gasteiger partial charge in [-0.25, -0.2) is 0 Å². The molecule has 4 aromatic carbocycles. The second kappa shape index (κ2) is 20.2. The maximum Gasteiger partial charge on any atom is 0.196 e. The molecule has 6 aromatic rings. The lowest BCUT2D eigenvalue weighted by atomic mass is 10.1. The van der Waals surface area contributed by atoms with Gasteiger partial charge in [-0.15, -0.1) is 0 Å². The first-order chi connectivity index (χ1) is 25.4. The van der Waals surface area contributed by atoms with Gasteiger partial charge in [0.25, 0.3) is 0 Å². The van der Waals surface area contributed by atoms with E-state index in [-0.39, 0.29) is 24.2 Å². The van der Waals surface area contributed by atoms with Crippen molar-refractivity contribution in [3.63, 3.8) is 0 Å². The zero-order valence-corrected chi connectivity index (χ0v) is 31.6. The van der Waals surface area contributed by atoms with Crippen molar-refractivity contribution in [2.45, 2.75) is 75.4 Å². The summed E-state index contributed by atoms with van der Waals surface area (Å²) in [7, 11) is 0. The van der Waals surface area contributed by atoms with Crippen LogP contribution in [0.1, 0.15) is 59.1 Å². The van der Waals surface area contributed by atoms with Gasteiger partial charge in [0, 0.05) is 29.1 Å². The van der Waals surface area contributed by atoms with Gasteiger partial charge in [-0.3, -0.25) is 18.4 Å². The van der Waals surface area contributed by atoms with Crippen molar-refractivity contribution in [1.82, 2.24) is 0 Å². The molecule has 8 heteroatoms. The molecule has 0 unspecified atom stereocenters. The highest BCUT2D eigenvalue weighted by Crippen LogP contribution is 2.27. The summed E-state index contributed by atoms with van der Waals surface area (Å²) < 4.78 is 36.3. The predicted molar refractivity (Wildman–Crippen MR) is 214 cm³/mol. The van der Waals surface area contributed by atoms with Gasteiger partial charge in [0.05, 0.1) is 24.1 Å². The molecule has 0 radical (unpaired) electrons. The van der Waals surface area contributed by atoms with Crippen LogP contribution in [0.2, 0.25) is 0 Å². The molecule has 0 aliphatic heterocycles. The summed E-state index contributed by atoms with van der Waals surface area (Å²) in [5.41, 5.74) is 7.62. The highest BCUT2D eigenvalue weighted by molar-refractivity contribution is 7.99. The minimum Gasteiger partial charge on any atom is -0.449 e. The van der Waals surface area contributed by atoms with Crippen LogP contribution in [0, 0.1) is 13.8 Å². The predicted octanol–water partition coefficient (Wildman–Crippen LogP) is 11.5.